The summed E-state index contributed by atoms with van der Waals surface area (Å²) in [5.41, 5.74) is 6.35. The number of hydrogen-bond acceptors (Lipinski definition) is 5. The molecule has 29 heavy (non-hydrogen) atoms. The van der Waals surface area contributed by atoms with Crippen molar-refractivity contribution in [3.8, 4) is 0 Å². The summed E-state index contributed by atoms with van der Waals surface area (Å²) >= 11 is 4.20. The molecule has 1 amide bonds. The first kappa shape index (κ1) is 22.9. The predicted molar refractivity (Wildman–Crippen MR) is 117 cm³/mol. The smallest absolute Gasteiger partial charge is 0.326 e. The molecule has 0 fully saturated rings. The maximum Gasteiger partial charge on any atom is 0.326 e. The van der Waals surface area contributed by atoms with E-state index in [1.54, 1.807) is 0 Å². The van der Waals surface area contributed by atoms with E-state index < -0.39 is 23.8 Å². The molecule has 1 unspecified atom stereocenters. The Bertz CT molecular complexity index is 850. The van der Waals surface area contributed by atoms with Gasteiger partial charge in [-0.1, -0.05) is 42.5 Å². The van der Waals surface area contributed by atoms with Crippen LogP contribution < -0.4 is 11.1 Å². The minimum atomic E-state index is -1.09. The van der Waals surface area contributed by atoms with E-state index in [1.807, 2.05) is 42.5 Å². The number of rotatable bonds is 12. The highest BCUT2D eigenvalue weighted by atomic mass is 32.1. The van der Waals surface area contributed by atoms with Crippen LogP contribution in [-0.4, -0.2) is 41.1 Å². The highest BCUT2D eigenvalue weighted by Gasteiger charge is 2.26. The Morgan fingerprint density at radius 3 is 2.48 bits per heavy atom. The third kappa shape index (κ3) is 6.87. The number of unbranched alkanes of at least 4 members (excludes halogenated alkanes) is 1. The number of carboxylic acid groups (broad SMARTS) is 1. The molecular formula is C22H28N2O4S. The van der Waals surface area contributed by atoms with Crippen molar-refractivity contribution in [2.45, 2.75) is 38.1 Å². The highest BCUT2D eigenvalue weighted by Crippen LogP contribution is 2.20. The minimum Gasteiger partial charge on any atom is -0.480 e. The molecule has 2 rings (SSSR count). The molecule has 0 aliphatic rings. The quantitative estimate of drug-likeness (QED) is 0.314. The molecule has 7 heteroatoms. The van der Waals surface area contributed by atoms with Crippen molar-refractivity contribution in [3.05, 3.63) is 48.0 Å². The fourth-order valence-corrected chi connectivity index (χ4v) is 3.58. The van der Waals surface area contributed by atoms with E-state index >= 15 is 0 Å². The normalized spacial score (nSPS) is 13.0. The number of amides is 1. The van der Waals surface area contributed by atoms with E-state index in [1.165, 1.54) is 0 Å². The van der Waals surface area contributed by atoms with Crippen LogP contribution in [0.3, 0.4) is 0 Å². The van der Waals surface area contributed by atoms with Crippen LogP contribution in [0.15, 0.2) is 42.5 Å². The molecular weight excluding hydrogens is 388 g/mol. The summed E-state index contributed by atoms with van der Waals surface area (Å²) in [5, 5.41) is 13.9. The first-order valence-corrected chi connectivity index (χ1v) is 10.4. The van der Waals surface area contributed by atoms with E-state index in [2.05, 4.69) is 17.9 Å². The third-order valence-electron chi connectivity index (χ3n) is 4.89. The molecule has 156 valence electrons. The molecule has 0 saturated heterocycles. The van der Waals surface area contributed by atoms with Crippen LogP contribution in [-0.2, 0) is 20.8 Å². The van der Waals surface area contributed by atoms with Crippen molar-refractivity contribution in [2.24, 2.45) is 11.7 Å². The Labute approximate surface area is 176 Å². The molecule has 0 spiro atoms. The summed E-state index contributed by atoms with van der Waals surface area (Å²) in [6, 6.07) is 12.7. The number of Topliss-reactive ketones (excluding diaryl/α,β-unsaturated/α-hetero) is 1. The average Bonchev–Trinajstić information content (AvgIpc) is 2.71. The van der Waals surface area contributed by atoms with Crippen LogP contribution in [0, 0.1) is 5.92 Å². The second kappa shape index (κ2) is 11.6. The number of hydrogen-bond donors (Lipinski definition) is 4. The zero-order chi connectivity index (χ0) is 21.2. The molecule has 0 aliphatic carbocycles. The van der Waals surface area contributed by atoms with Crippen molar-refractivity contribution in [2.75, 3.05) is 12.3 Å². The Morgan fingerprint density at radius 2 is 1.79 bits per heavy atom. The SMILES string of the molecule is NCCCC[C@H](NC(=O)C(CS)CC(=O)Cc1cccc2ccccc12)C(=O)O. The molecule has 2 aromatic carbocycles. The maximum atomic E-state index is 12.6. The lowest BCUT2D eigenvalue weighted by atomic mass is 9.95. The standard InChI is InChI=1S/C22H28N2O4S/c23-11-4-3-10-20(22(27)28)24-21(26)17(14-29)13-18(25)12-16-8-5-7-15-6-1-2-9-19(15)16/h1-2,5-9,17,20,29H,3-4,10-14,23H2,(H,24,26)(H,27,28)/t17?,20-/m0/s1. The maximum absolute atomic E-state index is 12.6. The van der Waals surface area contributed by atoms with Crippen molar-refractivity contribution in [3.63, 3.8) is 0 Å². The fourth-order valence-electron chi connectivity index (χ4n) is 3.29. The Morgan fingerprint density at radius 1 is 1.07 bits per heavy atom. The van der Waals surface area contributed by atoms with Gasteiger partial charge in [0.05, 0.1) is 5.92 Å². The third-order valence-corrected chi connectivity index (χ3v) is 5.34. The van der Waals surface area contributed by atoms with Gasteiger partial charge in [-0.15, -0.1) is 0 Å². The van der Waals surface area contributed by atoms with Crippen molar-refractivity contribution >= 4 is 41.1 Å². The van der Waals surface area contributed by atoms with E-state index in [0.29, 0.717) is 25.8 Å². The zero-order valence-corrected chi connectivity index (χ0v) is 17.2. The van der Waals surface area contributed by atoms with Gasteiger partial charge in [0.2, 0.25) is 5.91 Å². The van der Waals surface area contributed by atoms with Gasteiger partial charge in [-0.3, -0.25) is 9.59 Å². The number of carbonyl (C=O) groups excluding carboxylic acids is 2. The number of nitrogens with two attached hydrogens (primary N) is 1. The van der Waals surface area contributed by atoms with Gasteiger partial charge >= 0.3 is 5.97 Å². The number of carboxylic acids is 1. The van der Waals surface area contributed by atoms with Crippen LogP contribution >= 0.6 is 12.6 Å². The molecule has 0 radical (unpaired) electrons. The lowest BCUT2D eigenvalue weighted by molar-refractivity contribution is -0.142. The summed E-state index contributed by atoms with van der Waals surface area (Å²) in [6.07, 6.45) is 1.85. The van der Waals surface area contributed by atoms with Gasteiger partial charge in [0.25, 0.3) is 0 Å². The van der Waals surface area contributed by atoms with Gasteiger partial charge in [0, 0.05) is 18.6 Å². The van der Waals surface area contributed by atoms with Crippen molar-refractivity contribution in [1.82, 2.24) is 5.32 Å². The monoisotopic (exact) mass is 416 g/mol. The van der Waals surface area contributed by atoms with Crippen molar-refractivity contribution in [1.29, 1.82) is 0 Å². The molecule has 0 saturated carbocycles. The molecule has 6 nitrogen and oxygen atoms in total. The lowest BCUT2D eigenvalue weighted by Crippen LogP contribution is -2.44. The summed E-state index contributed by atoms with van der Waals surface area (Å²) in [6.45, 7) is 0.474. The van der Waals surface area contributed by atoms with Crippen molar-refractivity contribution < 1.29 is 19.5 Å². The summed E-state index contributed by atoms with van der Waals surface area (Å²) in [5.74, 6) is -2.12. The number of carbonyl (C=O) groups is 3. The first-order valence-electron chi connectivity index (χ1n) is 9.78. The van der Waals surface area contributed by atoms with E-state index in [4.69, 9.17) is 5.73 Å². The highest BCUT2D eigenvalue weighted by molar-refractivity contribution is 7.80. The Kier molecular flexibility index (Phi) is 9.15. The zero-order valence-electron chi connectivity index (χ0n) is 16.3. The topological polar surface area (TPSA) is 109 Å². The predicted octanol–water partition coefficient (Wildman–Crippen LogP) is 2.59. The molecule has 0 bridgehead atoms. The number of thiol groups is 1. The number of benzene rings is 2. The number of nitrogens with one attached hydrogen (secondary N) is 1. The van der Waals surface area contributed by atoms with Crippen LogP contribution in [0.2, 0.25) is 0 Å². The van der Waals surface area contributed by atoms with E-state index in [0.717, 1.165) is 16.3 Å². The van der Waals surface area contributed by atoms with Crippen LogP contribution in [0.5, 0.6) is 0 Å². The van der Waals surface area contributed by atoms with Gasteiger partial charge in [-0.2, -0.15) is 12.6 Å². The Balaban J connectivity index is 1.99. The number of fused-ring (bicyclic) bond motifs is 1. The number of ketones is 1. The van der Waals surface area contributed by atoms with Gasteiger partial charge in [-0.05, 0) is 42.1 Å². The average molecular weight is 417 g/mol. The fraction of sp³-hybridized carbons (Fsp3) is 0.409. The number of aliphatic carboxylic acids is 1. The van der Waals surface area contributed by atoms with Crippen LogP contribution in [0.4, 0.5) is 0 Å². The molecule has 2 atom stereocenters. The molecule has 0 aliphatic heterocycles. The van der Waals surface area contributed by atoms with E-state index in [-0.39, 0.29) is 24.4 Å². The van der Waals surface area contributed by atoms with Crippen LogP contribution in [0.1, 0.15) is 31.2 Å². The summed E-state index contributed by atoms with van der Waals surface area (Å²) in [7, 11) is 0. The van der Waals surface area contributed by atoms with Gasteiger partial charge in [-0.25, -0.2) is 4.79 Å². The second-order valence-corrected chi connectivity index (χ2v) is 7.49. The molecule has 0 aromatic heterocycles. The van der Waals surface area contributed by atoms with Gasteiger partial charge < -0.3 is 16.2 Å². The first-order chi connectivity index (χ1) is 14.0. The van der Waals surface area contributed by atoms with Gasteiger partial charge in [0.15, 0.2) is 0 Å². The van der Waals surface area contributed by atoms with Crippen LogP contribution in [0.25, 0.3) is 10.8 Å². The second-order valence-electron chi connectivity index (χ2n) is 7.12. The molecule has 0 heterocycles. The molecule has 2 aromatic rings. The molecule has 4 N–H and O–H groups in total. The summed E-state index contributed by atoms with van der Waals surface area (Å²) in [4.78, 5) is 36.5. The van der Waals surface area contributed by atoms with E-state index in [9.17, 15) is 19.5 Å². The Hall–Kier alpha value is -2.38. The minimum absolute atomic E-state index is 0.0215. The van der Waals surface area contributed by atoms with Gasteiger partial charge in [0.1, 0.15) is 11.8 Å². The summed E-state index contributed by atoms with van der Waals surface area (Å²) < 4.78 is 0. The lowest BCUT2D eigenvalue weighted by Gasteiger charge is -2.19. The largest absolute Gasteiger partial charge is 0.480 e.